The molecule has 3 aromatic heterocycles. The van der Waals surface area contributed by atoms with Crippen molar-refractivity contribution < 1.29 is 21.1 Å². The van der Waals surface area contributed by atoms with Crippen molar-refractivity contribution in [1.29, 1.82) is 0 Å². The third kappa shape index (κ3) is 4.19. The fourth-order valence-electron chi connectivity index (χ4n) is 5.86. The summed E-state index contributed by atoms with van der Waals surface area (Å²) in [6.45, 7) is 0. The SMILES string of the molecule is Cn1c(-c2[c-]c3c(cc2)c2ccccc2n3-c2[c-]c(-c3ncccc3-c3ccccc3)ccc2)nc2ccccc21.[Pt+2]. The summed E-state index contributed by atoms with van der Waals surface area (Å²) in [5.74, 6) is 0.892. The van der Waals surface area contributed by atoms with Crippen LogP contribution in [0.15, 0.2) is 128 Å². The van der Waals surface area contributed by atoms with E-state index in [9.17, 15) is 0 Å². The van der Waals surface area contributed by atoms with E-state index in [1.165, 1.54) is 5.39 Å². The Kier molecular flexibility index (Phi) is 6.57. The van der Waals surface area contributed by atoms with Crippen molar-refractivity contribution >= 4 is 32.8 Å². The van der Waals surface area contributed by atoms with Gasteiger partial charge in [0, 0.05) is 18.8 Å². The molecule has 0 aliphatic rings. The van der Waals surface area contributed by atoms with Crippen LogP contribution in [0.4, 0.5) is 0 Å². The number of hydrogen-bond donors (Lipinski definition) is 0. The van der Waals surface area contributed by atoms with Gasteiger partial charge in [0.25, 0.3) is 0 Å². The molecule has 0 spiro atoms. The summed E-state index contributed by atoms with van der Waals surface area (Å²) in [4.78, 5) is 9.74. The van der Waals surface area contributed by atoms with Crippen LogP contribution in [0.25, 0.3) is 72.3 Å². The van der Waals surface area contributed by atoms with Crippen molar-refractivity contribution in [1.82, 2.24) is 19.1 Å². The maximum atomic E-state index is 4.94. The third-order valence-electron chi connectivity index (χ3n) is 7.78. The Hall–Kier alpha value is -4.79. The Bertz CT molecular complexity index is 2230. The molecule has 0 fully saturated rings. The zero-order valence-electron chi connectivity index (χ0n) is 22.7. The number of para-hydroxylation sites is 3. The largest absolute Gasteiger partial charge is 2.00 e. The van der Waals surface area contributed by atoms with Gasteiger partial charge in [-0.15, -0.1) is 53.6 Å². The molecule has 8 aromatic rings. The van der Waals surface area contributed by atoms with Crippen LogP contribution < -0.4 is 0 Å². The van der Waals surface area contributed by atoms with Crippen molar-refractivity contribution in [2.75, 3.05) is 0 Å². The molecule has 202 valence electrons. The maximum Gasteiger partial charge on any atom is 2.00 e. The van der Waals surface area contributed by atoms with Crippen LogP contribution in [-0.2, 0) is 28.1 Å². The van der Waals surface area contributed by atoms with E-state index in [2.05, 4.69) is 125 Å². The number of nitrogens with zero attached hydrogens (tertiary/aromatic N) is 4. The summed E-state index contributed by atoms with van der Waals surface area (Å²) >= 11 is 0. The van der Waals surface area contributed by atoms with Crippen molar-refractivity contribution in [3.63, 3.8) is 0 Å². The Morgan fingerprint density at radius 1 is 0.619 bits per heavy atom. The van der Waals surface area contributed by atoms with Crippen molar-refractivity contribution in [3.05, 3.63) is 140 Å². The van der Waals surface area contributed by atoms with Crippen LogP contribution in [0.1, 0.15) is 0 Å². The van der Waals surface area contributed by atoms with E-state index in [0.29, 0.717) is 0 Å². The van der Waals surface area contributed by atoms with Crippen LogP contribution in [0.5, 0.6) is 0 Å². The van der Waals surface area contributed by atoms with E-state index in [1.54, 1.807) is 0 Å². The second-order valence-corrected chi connectivity index (χ2v) is 10.2. The number of aryl methyl sites for hydroxylation is 1. The van der Waals surface area contributed by atoms with Crippen molar-refractivity contribution in [2.45, 2.75) is 0 Å². The molecule has 0 saturated carbocycles. The standard InChI is InChI=1S/C37H24N4.Pt/c1-40-34-19-8-6-17-32(34)39-37(40)27-20-21-31-30-15-5-7-18-33(30)41(35(31)24-27)28-14-9-13-26(23-28)36-29(16-10-22-38-36)25-11-3-2-4-12-25;/h2-22H,1H3;/q-2;+2. The van der Waals surface area contributed by atoms with Gasteiger partial charge in [-0.3, -0.25) is 4.98 Å². The van der Waals surface area contributed by atoms with Gasteiger partial charge in [0.2, 0.25) is 0 Å². The normalized spacial score (nSPS) is 11.3. The van der Waals surface area contributed by atoms with E-state index in [1.807, 2.05) is 30.5 Å². The molecule has 0 atom stereocenters. The van der Waals surface area contributed by atoms with Gasteiger partial charge in [0.1, 0.15) is 0 Å². The molecule has 5 aromatic carbocycles. The first-order chi connectivity index (χ1) is 20.3. The van der Waals surface area contributed by atoms with Gasteiger partial charge in [-0.2, -0.15) is 0 Å². The molecule has 5 heteroatoms. The fourth-order valence-corrected chi connectivity index (χ4v) is 5.86. The maximum absolute atomic E-state index is 4.94. The summed E-state index contributed by atoms with van der Waals surface area (Å²) in [6.07, 6.45) is 1.85. The average molecular weight is 720 g/mol. The Balaban J connectivity index is 0.00000288. The minimum atomic E-state index is 0. The minimum absolute atomic E-state index is 0. The third-order valence-corrected chi connectivity index (χ3v) is 7.78. The van der Waals surface area contributed by atoms with Gasteiger partial charge in [-0.05, 0) is 57.7 Å². The molecular formula is C37H24N4Pt. The monoisotopic (exact) mass is 719 g/mol. The van der Waals surface area contributed by atoms with Gasteiger partial charge < -0.3 is 14.1 Å². The molecule has 0 unspecified atom stereocenters. The van der Waals surface area contributed by atoms with Gasteiger partial charge >= 0.3 is 21.1 Å². The predicted octanol–water partition coefficient (Wildman–Crippen LogP) is 8.66. The molecule has 8 rings (SSSR count). The Morgan fingerprint density at radius 3 is 2.26 bits per heavy atom. The van der Waals surface area contributed by atoms with Crippen LogP contribution in [-0.4, -0.2) is 19.1 Å². The summed E-state index contributed by atoms with van der Waals surface area (Å²) in [6, 6.07) is 49.3. The first kappa shape index (κ1) is 26.1. The molecule has 0 N–H and O–H groups in total. The van der Waals surface area contributed by atoms with Gasteiger partial charge in [0.05, 0.1) is 16.9 Å². The zero-order valence-corrected chi connectivity index (χ0v) is 25.0. The van der Waals surface area contributed by atoms with Gasteiger partial charge in [0.15, 0.2) is 0 Å². The molecule has 0 bridgehead atoms. The van der Waals surface area contributed by atoms with Gasteiger partial charge in [-0.25, -0.2) is 0 Å². The van der Waals surface area contributed by atoms with Crippen LogP contribution in [0, 0.1) is 12.1 Å². The smallest absolute Gasteiger partial charge is 0.367 e. The molecular weight excluding hydrogens is 696 g/mol. The number of pyridine rings is 1. The first-order valence-electron chi connectivity index (χ1n) is 13.7. The molecule has 3 heterocycles. The summed E-state index contributed by atoms with van der Waals surface area (Å²) < 4.78 is 4.39. The Morgan fingerprint density at radius 2 is 1.40 bits per heavy atom. The fraction of sp³-hybridized carbons (Fsp3) is 0.0270. The quantitative estimate of drug-likeness (QED) is 0.171. The second-order valence-electron chi connectivity index (χ2n) is 10.2. The Labute approximate surface area is 258 Å². The van der Waals surface area contributed by atoms with Crippen molar-refractivity contribution in [2.24, 2.45) is 7.05 Å². The molecule has 0 saturated heterocycles. The molecule has 0 aliphatic carbocycles. The molecule has 4 nitrogen and oxygen atoms in total. The first-order valence-corrected chi connectivity index (χ1v) is 13.7. The minimum Gasteiger partial charge on any atom is -0.367 e. The number of aromatic nitrogens is 4. The van der Waals surface area contributed by atoms with Crippen LogP contribution >= 0.6 is 0 Å². The topological polar surface area (TPSA) is 35.6 Å². The molecule has 0 radical (unpaired) electrons. The van der Waals surface area contributed by atoms with E-state index >= 15 is 0 Å². The summed E-state index contributed by atoms with van der Waals surface area (Å²) in [7, 11) is 2.06. The molecule has 42 heavy (non-hydrogen) atoms. The number of hydrogen-bond acceptors (Lipinski definition) is 2. The average Bonchev–Trinajstić information content (AvgIpc) is 3.56. The number of imidazole rings is 1. The molecule has 0 amide bonds. The second kappa shape index (κ2) is 10.6. The number of fused-ring (bicyclic) bond motifs is 4. The van der Waals surface area contributed by atoms with Crippen LogP contribution in [0.3, 0.4) is 0 Å². The van der Waals surface area contributed by atoms with Crippen LogP contribution in [0.2, 0.25) is 0 Å². The van der Waals surface area contributed by atoms with Gasteiger partial charge in [-0.1, -0.05) is 72.1 Å². The number of rotatable bonds is 4. The van der Waals surface area contributed by atoms with E-state index in [-0.39, 0.29) is 21.1 Å². The van der Waals surface area contributed by atoms with Crippen molar-refractivity contribution in [3.8, 4) is 39.5 Å². The predicted molar refractivity (Wildman–Crippen MR) is 167 cm³/mol. The zero-order chi connectivity index (χ0) is 27.3. The summed E-state index contributed by atoms with van der Waals surface area (Å²) in [5, 5.41) is 2.32. The van der Waals surface area contributed by atoms with E-state index in [4.69, 9.17) is 9.97 Å². The molecule has 0 aliphatic heterocycles. The van der Waals surface area contributed by atoms with E-state index < -0.39 is 0 Å². The summed E-state index contributed by atoms with van der Waals surface area (Å²) in [5.41, 5.74) is 10.1. The van der Waals surface area contributed by atoms with E-state index in [0.717, 1.165) is 66.9 Å². The number of benzene rings is 5.